The van der Waals surface area contributed by atoms with E-state index in [4.69, 9.17) is 28.4 Å². The Morgan fingerprint density at radius 3 is 1.02 bits per heavy atom. The highest BCUT2D eigenvalue weighted by Gasteiger charge is 2.66. The van der Waals surface area contributed by atoms with Crippen molar-refractivity contribution in [3.63, 3.8) is 0 Å². The molecule has 2 heterocycles. The molecule has 2 aliphatic heterocycles. The van der Waals surface area contributed by atoms with E-state index in [-0.39, 0.29) is 0 Å². The smallest absolute Gasteiger partial charge is 0.331 e. The number of benzene rings is 4. The summed E-state index contributed by atoms with van der Waals surface area (Å²) in [5.41, 5.74) is -0.559. The molecule has 8 nitrogen and oxygen atoms in total. The molecule has 0 radical (unpaired) electrons. The summed E-state index contributed by atoms with van der Waals surface area (Å²) in [6.07, 6.45) is -1.72. The van der Waals surface area contributed by atoms with Gasteiger partial charge in [0, 0.05) is 34.4 Å². The van der Waals surface area contributed by atoms with E-state index in [0.29, 0.717) is 22.3 Å². The summed E-state index contributed by atoms with van der Waals surface area (Å²) in [6.45, 7) is 14.6. The van der Waals surface area contributed by atoms with Gasteiger partial charge in [0.25, 0.3) is 0 Å². The van der Waals surface area contributed by atoms with Crippen LogP contribution in [0.1, 0.15) is 49.9 Å². The van der Waals surface area contributed by atoms with Gasteiger partial charge >= 0.3 is 11.9 Å². The molecule has 0 spiro atoms. The van der Waals surface area contributed by atoms with Crippen LogP contribution < -0.4 is 0 Å². The third-order valence-electron chi connectivity index (χ3n) is 9.05. The first-order valence-corrected chi connectivity index (χ1v) is 16.6. The molecule has 0 N–H and O–H groups in total. The molecule has 2 saturated heterocycles. The van der Waals surface area contributed by atoms with Gasteiger partial charge in [0.05, 0.1) is 0 Å². The van der Waals surface area contributed by atoms with Crippen LogP contribution in [0.4, 0.5) is 0 Å². The minimum absolute atomic E-state index is 0.642. The molecule has 2 fully saturated rings. The molecule has 8 heteroatoms. The van der Waals surface area contributed by atoms with Crippen LogP contribution >= 0.6 is 0 Å². The summed E-state index contributed by atoms with van der Waals surface area (Å²) in [4.78, 5) is 26.8. The molecule has 2 aliphatic rings. The van der Waals surface area contributed by atoms with Gasteiger partial charge in [-0.1, -0.05) is 134 Å². The first-order valence-electron chi connectivity index (χ1n) is 16.6. The van der Waals surface area contributed by atoms with E-state index in [0.717, 1.165) is 12.2 Å². The molecule has 0 unspecified atom stereocenters. The van der Waals surface area contributed by atoms with Crippen molar-refractivity contribution in [3.05, 3.63) is 169 Å². The highest BCUT2D eigenvalue weighted by Crippen LogP contribution is 2.53. The predicted octanol–water partition coefficient (Wildman–Crippen LogP) is 7.37. The molecular formula is C42H42O8. The van der Waals surface area contributed by atoms with Crippen LogP contribution in [0.5, 0.6) is 0 Å². The molecule has 0 aliphatic carbocycles. The average Bonchev–Trinajstić information content (AvgIpc) is 3.65. The highest BCUT2D eigenvalue weighted by atomic mass is 16.8. The monoisotopic (exact) mass is 674 g/mol. The van der Waals surface area contributed by atoms with Gasteiger partial charge in [0.1, 0.15) is 24.4 Å². The second-order valence-corrected chi connectivity index (χ2v) is 13.2. The van der Waals surface area contributed by atoms with Crippen LogP contribution in [0, 0.1) is 0 Å². The maximum absolute atomic E-state index is 13.4. The fourth-order valence-corrected chi connectivity index (χ4v) is 7.17. The normalized spacial score (nSPS) is 22.7. The lowest BCUT2D eigenvalue weighted by atomic mass is 9.74. The van der Waals surface area contributed by atoms with Gasteiger partial charge in [-0.05, 0) is 27.7 Å². The van der Waals surface area contributed by atoms with Crippen LogP contribution in [-0.4, -0.2) is 47.9 Å². The minimum Gasteiger partial charge on any atom is -0.443 e. The third kappa shape index (κ3) is 6.43. The minimum atomic E-state index is -1.56. The Morgan fingerprint density at radius 2 is 0.780 bits per heavy atom. The van der Waals surface area contributed by atoms with Crippen molar-refractivity contribution in [2.24, 2.45) is 0 Å². The first-order chi connectivity index (χ1) is 24.0. The Balaban J connectivity index is 1.63. The van der Waals surface area contributed by atoms with Gasteiger partial charge in [-0.15, -0.1) is 0 Å². The van der Waals surface area contributed by atoms with Gasteiger partial charge in [-0.2, -0.15) is 0 Å². The lowest BCUT2D eigenvalue weighted by Crippen LogP contribution is -2.58. The zero-order valence-electron chi connectivity index (χ0n) is 28.7. The SMILES string of the molecule is C=CC(=O)OC(c1ccccc1)(c1ccccc1)[C@@H]1OC(C)(C)O[C@H]1[C@H]1OC(C)(C)O[C@@H]1C(OC(=O)C=C)(c1ccccc1)c1ccccc1. The second-order valence-electron chi connectivity index (χ2n) is 13.2. The molecule has 0 amide bonds. The molecule has 0 aromatic heterocycles. The molecule has 0 saturated carbocycles. The Hall–Kier alpha value is -4.86. The van der Waals surface area contributed by atoms with Crippen LogP contribution in [-0.2, 0) is 49.2 Å². The molecule has 4 atom stereocenters. The van der Waals surface area contributed by atoms with Gasteiger partial charge in [0.15, 0.2) is 22.8 Å². The van der Waals surface area contributed by atoms with Crippen molar-refractivity contribution in [1.29, 1.82) is 0 Å². The van der Waals surface area contributed by atoms with E-state index in [1.807, 2.05) is 121 Å². The van der Waals surface area contributed by atoms with Crippen molar-refractivity contribution in [1.82, 2.24) is 0 Å². The van der Waals surface area contributed by atoms with Gasteiger partial charge in [0.2, 0.25) is 0 Å². The van der Waals surface area contributed by atoms with Crippen LogP contribution in [0.15, 0.2) is 147 Å². The van der Waals surface area contributed by atoms with Gasteiger partial charge < -0.3 is 28.4 Å². The summed E-state index contributed by atoms with van der Waals surface area (Å²) in [5, 5.41) is 0. The fraction of sp³-hybridized carbons (Fsp3) is 0.286. The Labute approximate surface area is 293 Å². The van der Waals surface area contributed by atoms with Crippen LogP contribution in [0.2, 0.25) is 0 Å². The summed E-state index contributed by atoms with van der Waals surface area (Å²) >= 11 is 0. The van der Waals surface area contributed by atoms with Crippen LogP contribution in [0.25, 0.3) is 0 Å². The number of rotatable bonds is 11. The summed E-state index contributed by atoms with van der Waals surface area (Å²) in [5.74, 6) is -3.70. The average molecular weight is 675 g/mol. The van der Waals surface area contributed by atoms with Gasteiger partial charge in [-0.3, -0.25) is 0 Å². The zero-order chi connectivity index (χ0) is 35.6. The standard InChI is InChI=1S/C42H42O8/c1-7-33(43)45-41(29-21-13-9-14-22-29,30-23-15-10-16-24-30)37-35(47-39(3,4)49-37)36-38(50-40(5,6)48-36)42(46-34(44)8-2,31-25-17-11-18-26-31)32-27-19-12-20-28-32/h7-28,35-38H,1-2H2,3-6H3/t35-,36+,37+,38-. The number of hydrogen-bond acceptors (Lipinski definition) is 8. The molecule has 4 aromatic rings. The van der Waals surface area contributed by atoms with Gasteiger partial charge in [-0.25, -0.2) is 9.59 Å². The highest BCUT2D eigenvalue weighted by molar-refractivity contribution is 5.82. The Morgan fingerprint density at radius 1 is 0.520 bits per heavy atom. The molecule has 50 heavy (non-hydrogen) atoms. The quantitative estimate of drug-likeness (QED) is 0.120. The number of esters is 2. The van der Waals surface area contributed by atoms with E-state index in [9.17, 15) is 9.59 Å². The van der Waals surface area contributed by atoms with Crippen molar-refractivity contribution >= 4 is 11.9 Å². The maximum Gasteiger partial charge on any atom is 0.331 e. The molecular weight excluding hydrogens is 632 g/mol. The number of hydrogen-bond donors (Lipinski definition) is 0. The lowest BCUT2D eigenvalue weighted by molar-refractivity contribution is -0.184. The summed E-state index contributed by atoms with van der Waals surface area (Å²) in [6, 6.07) is 37.6. The largest absolute Gasteiger partial charge is 0.443 e. The zero-order valence-corrected chi connectivity index (χ0v) is 28.7. The Kier molecular flexibility index (Phi) is 9.66. The number of ether oxygens (including phenoxy) is 6. The first kappa shape index (κ1) is 35.0. The number of carbonyl (C=O) groups excluding carboxylic acids is 2. The maximum atomic E-state index is 13.4. The molecule has 0 bridgehead atoms. The van der Waals surface area contributed by atoms with Crippen molar-refractivity contribution < 1.29 is 38.0 Å². The van der Waals surface area contributed by atoms with E-state index in [2.05, 4.69) is 13.2 Å². The molecule has 6 rings (SSSR count). The number of carbonyl (C=O) groups is 2. The second kappa shape index (κ2) is 13.8. The van der Waals surface area contributed by atoms with E-state index in [1.54, 1.807) is 27.7 Å². The van der Waals surface area contributed by atoms with E-state index >= 15 is 0 Å². The topological polar surface area (TPSA) is 89.5 Å². The lowest BCUT2D eigenvalue weighted by Gasteiger charge is -2.44. The van der Waals surface area contributed by atoms with Crippen molar-refractivity contribution in [3.8, 4) is 0 Å². The van der Waals surface area contributed by atoms with E-state index in [1.165, 1.54) is 0 Å². The Bertz CT molecular complexity index is 1590. The fourth-order valence-electron chi connectivity index (χ4n) is 7.17. The predicted molar refractivity (Wildman–Crippen MR) is 188 cm³/mol. The molecule has 4 aromatic carbocycles. The van der Waals surface area contributed by atoms with Crippen molar-refractivity contribution in [2.45, 2.75) is 74.9 Å². The summed E-state index contributed by atoms with van der Waals surface area (Å²) < 4.78 is 40.3. The molecule has 258 valence electrons. The third-order valence-corrected chi connectivity index (χ3v) is 9.05. The van der Waals surface area contributed by atoms with Crippen LogP contribution in [0.3, 0.4) is 0 Å². The van der Waals surface area contributed by atoms with Crippen molar-refractivity contribution in [2.75, 3.05) is 0 Å². The van der Waals surface area contributed by atoms with E-state index < -0.39 is 59.1 Å². The summed E-state index contributed by atoms with van der Waals surface area (Å²) in [7, 11) is 0.